The Bertz CT molecular complexity index is 564. The molecule has 0 radical (unpaired) electrons. The molecule has 0 spiro atoms. The fourth-order valence-electron chi connectivity index (χ4n) is 3.30. The van der Waals surface area contributed by atoms with Crippen LogP contribution < -0.4 is 5.32 Å². The highest BCUT2D eigenvalue weighted by Crippen LogP contribution is 2.42. The van der Waals surface area contributed by atoms with Crippen molar-refractivity contribution in [2.45, 2.75) is 12.0 Å². The molecule has 1 saturated heterocycles. The van der Waals surface area contributed by atoms with Crippen LogP contribution in [0.3, 0.4) is 0 Å². The van der Waals surface area contributed by atoms with Gasteiger partial charge in [0, 0.05) is 12.5 Å². The molecule has 0 aliphatic carbocycles. The first-order valence-corrected chi connectivity index (χ1v) is 7.05. The zero-order chi connectivity index (χ0) is 14.9. The minimum atomic E-state index is -0.601. The molecule has 21 heavy (non-hydrogen) atoms. The van der Waals surface area contributed by atoms with Crippen molar-refractivity contribution in [3.05, 3.63) is 71.3 Å². The summed E-state index contributed by atoms with van der Waals surface area (Å²) in [5.74, 6) is -0.633. The van der Waals surface area contributed by atoms with Crippen molar-refractivity contribution in [3.63, 3.8) is 0 Å². The van der Waals surface area contributed by atoms with Crippen molar-refractivity contribution in [1.29, 1.82) is 0 Å². The van der Waals surface area contributed by atoms with Gasteiger partial charge in [-0.05, 0) is 48.4 Å². The van der Waals surface area contributed by atoms with E-state index < -0.39 is 5.54 Å². The fraction of sp³-hybridized carbons (Fsp3) is 0.294. The molecule has 2 N–H and O–H groups in total. The molecule has 2 aromatic rings. The molecule has 0 bridgehead atoms. The summed E-state index contributed by atoms with van der Waals surface area (Å²) >= 11 is 0. The van der Waals surface area contributed by atoms with E-state index in [-0.39, 0.29) is 24.2 Å². The van der Waals surface area contributed by atoms with Gasteiger partial charge in [-0.3, -0.25) is 0 Å². The lowest BCUT2D eigenvalue weighted by atomic mass is 9.74. The van der Waals surface area contributed by atoms with E-state index in [1.165, 1.54) is 24.3 Å². The van der Waals surface area contributed by atoms with Crippen LogP contribution in [0.15, 0.2) is 48.5 Å². The Morgan fingerprint density at radius 2 is 1.43 bits per heavy atom. The summed E-state index contributed by atoms with van der Waals surface area (Å²) in [5, 5.41) is 13.2. The van der Waals surface area contributed by atoms with Crippen LogP contribution in [0.2, 0.25) is 0 Å². The summed E-state index contributed by atoms with van der Waals surface area (Å²) in [7, 11) is 0. The van der Waals surface area contributed by atoms with Crippen molar-refractivity contribution in [2.24, 2.45) is 5.92 Å². The molecule has 1 aliphatic rings. The Morgan fingerprint density at radius 3 is 1.86 bits per heavy atom. The van der Waals surface area contributed by atoms with Gasteiger partial charge in [-0.1, -0.05) is 24.3 Å². The van der Waals surface area contributed by atoms with Crippen LogP contribution >= 0.6 is 0 Å². The molecule has 2 nitrogen and oxygen atoms in total. The fourth-order valence-corrected chi connectivity index (χ4v) is 3.30. The Morgan fingerprint density at radius 1 is 0.952 bits per heavy atom. The maximum Gasteiger partial charge on any atom is 0.123 e. The average Bonchev–Trinajstić information content (AvgIpc) is 2.93. The lowest BCUT2D eigenvalue weighted by Gasteiger charge is -2.36. The standard InChI is InChI=1S/C17H17F2NO/c18-15-5-1-12(2-6-15)17(14(11-21)9-10-20-17)13-3-7-16(19)8-4-13/h1-8,14,20-21H,9-11H2. The molecular weight excluding hydrogens is 272 g/mol. The van der Waals surface area contributed by atoms with E-state index in [1.54, 1.807) is 24.3 Å². The second-order valence-corrected chi connectivity index (χ2v) is 5.42. The maximum absolute atomic E-state index is 13.2. The van der Waals surface area contributed by atoms with Gasteiger partial charge in [-0.15, -0.1) is 0 Å². The molecule has 0 saturated carbocycles. The van der Waals surface area contributed by atoms with Crippen LogP contribution in [0.5, 0.6) is 0 Å². The normalized spacial score (nSPS) is 20.6. The highest BCUT2D eigenvalue weighted by molar-refractivity contribution is 5.41. The third-order valence-corrected chi connectivity index (χ3v) is 4.33. The predicted molar refractivity (Wildman–Crippen MR) is 76.8 cm³/mol. The van der Waals surface area contributed by atoms with Crippen LogP contribution in [0.1, 0.15) is 17.5 Å². The van der Waals surface area contributed by atoms with Crippen LogP contribution in [0.4, 0.5) is 8.78 Å². The average molecular weight is 289 g/mol. The van der Waals surface area contributed by atoms with Crippen molar-refractivity contribution in [2.75, 3.05) is 13.2 Å². The quantitative estimate of drug-likeness (QED) is 0.910. The van der Waals surface area contributed by atoms with E-state index in [2.05, 4.69) is 5.32 Å². The SMILES string of the molecule is OCC1CCNC1(c1ccc(F)cc1)c1ccc(F)cc1. The molecule has 3 rings (SSSR count). The molecule has 0 amide bonds. The second kappa shape index (κ2) is 5.54. The monoisotopic (exact) mass is 289 g/mol. The van der Waals surface area contributed by atoms with Crippen LogP contribution in [-0.2, 0) is 5.54 Å². The molecule has 1 aliphatic heterocycles. The lowest BCUT2D eigenvalue weighted by molar-refractivity contribution is 0.182. The first-order valence-electron chi connectivity index (χ1n) is 7.05. The number of aliphatic hydroxyl groups excluding tert-OH is 1. The topological polar surface area (TPSA) is 32.3 Å². The van der Waals surface area contributed by atoms with E-state index in [0.29, 0.717) is 0 Å². The summed E-state index contributed by atoms with van der Waals surface area (Å²) in [4.78, 5) is 0. The highest BCUT2D eigenvalue weighted by Gasteiger charge is 2.45. The van der Waals surface area contributed by atoms with Crippen molar-refractivity contribution in [3.8, 4) is 0 Å². The van der Waals surface area contributed by atoms with E-state index >= 15 is 0 Å². The first kappa shape index (κ1) is 14.2. The van der Waals surface area contributed by atoms with E-state index in [4.69, 9.17) is 0 Å². The van der Waals surface area contributed by atoms with Gasteiger partial charge in [-0.25, -0.2) is 8.78 Å². The summed E-state index contributed by atoms with van der Waals surface area (Å²) in [5.41, 5.74) is 1.16. The molecule has 0 aromatic heterocycles. The first-order chi connectivity index (χ1) is 10.2. The van der Waals surface area contributed by atoms with Gasteiger partial charge in [0.15, 0.2) is 0 Å². The van der Waals surface area contributed by atoms with Crippen molar-refractivity contribution in [1.82, 2.24) is 5.32 Å². The number of hydrogen-bond acceptors (Lipinski definition) is 2. The predicted octanol–water partition coefficient (Wildman–Crippen LogP) is 2.81. The largest absolute Gasteiger partial charge is 0.396 e. The summed E-state index contributed by atoms with van der Waals surface area (Å²) in [6.07, 6.45) is 0.811. The van der Waals surface area contributed by atoms with E-state index in [0.717, 1.165) is 24.1 Å². The number of hydrogen-bond donors (Lipinski definition) is 2. The molecular formula is C17H17F2NO. The Balaban J connectivity index is 2.15. The number of rotatable bonds is 3. The highest BCUT2D eigenvalue weighted by atomic mass is 19.1. The van der Waals surface area contributed by atoms with Crippen LogP contribution in [-0.4, -0.2) is 18.3 Å². The third-order valence-electron chi connectivity index (χ3n) is 4.33. The molecule has 1 heterocycles. The number of halogens is 2. The Kier molecular flexibility index (Phi) is 3.74. The van der Waals surface area contributed by atoms with Gasteiger partial charge in [0.2, 0.25) is 0 Å². The van der Waals surface area contributed by atoms with Gasteiger partial charge in [-0.2, -0.15) is 0 Å². The van der Waals surface area contributed by atoms with Gasteiger partial charge >= 0.3 is 0 Å². The van der Waals surface area contributed by atoms with Gasteiger partial charge < -0.3 is 10.4 Å². The third kappa shape index (κ3) is 2.34. The molecule has 110 valence electrons. The molecule has 2 aromatic carbocycles. The van der Waals surface area contributed by atoms with Gasteiger partial charge in [0.25, 0.3) is 0 Å². The summed E-state index contributed by atoms with van der Waals surface area (Å²) < 4.78 is 26.4. The number of benzene rings is 2. The summed E-state index contributed by atoms with van der Waals surface area (Å²) in [6, 6.07) is 12.5. The number of nitrogens with one attached hydrogen (secondary N) is 1. The van der Waals surface area contributed by atoms with Crippen molar-refractivity contribution < 1.29 is 13.9 Å². The molecule has 4 heteroatoms. The minimum absolute atomic E-state index is 0.0156. The second-order valence-electron chi connectivity index (χ2n) is 5.42. The van der Waals surface area contributed by atoms with Gasteiger partial charge in [0.05, 0.1) is 5.54 Å². The lowest BCUT2D eigenvalue weighted by Crippen LogP contribution is -2.44. The maximum atomic E-state index is 13.2. The Labute approximate surface area is 122 Å². The smallest absolute Gasteiger partial charge is 0.123 e. The van der Waals surface area contributed by atoms with Gasteiger partial charge in [0.1, 0.15) is 11.6 Å². The Hall–Kier alpha value is -1.78. The van der Waals surface area contributed by atoms with Crippen LogP contribution in [0.25, 0.3) is 0 Å². The van der Waals surface area contributed by atoms with Crippen molar-refractivity contribution >= 4 is 0 Å². The zero-order valence-corrected chi connectivity index (χ0v) is 11.5. The van der Waals surface area contributed by atoms with E-state index in [9.17, 15) is 13.9 Å². The molecule has 1 fully saturated rings. The zero-order valence-electron chi connectivity index (χ0n) is 11.5. The minimum Gasteiger partial charge on any atom is -0.396 e. The van der Waals surface area contributed by atoms with E-state index in [1.807, 2.05) is 0 Å². The summed E-state index contributed by atoms with van der Waals surface area (Å²) in [6.45, 7) is 0.766. The van der Waals surface area contributed by atoms with Crippen LogP contribution in [0, 0.1) is 17.6 Å². The molecule has 1 atom stereocenters. The molecule has 1 unspecified atom stereocenters. The number of aliphatic hydroxyl groups is 1.